The topological polar surface area (TPSA) is 104 Å². The molecular weight excluding hydrogens is 360 g/mol. The summed E-state index contributed by atoms with van der Waals surface area (Å²) < 4.78 is 0. The molecule has 2 aliphatic heterocycles. The maximum absolute atomic E-state index is 12.7. The lowest BCUT2D eigenvalue weighted by molar-refractivity contribution is -0.138. The quantitative estimate of drug-likeness (QED) is 0.444. The van der Waals surface area contributed by atoms with Crippen LogP contribution in [-0.4, -0.2) is 39.7 Å². The molecule has 1 unspecified atom stereocenters. The summed E-state index contributed by atoms with van der Waals surface area (Å²) in [6, 6.07) is 4.85. The molecule has 0 saturated carbocycles. The number of aliphatic carboxylic acids is 1. The van der Waals surface area contributed by atoms with Crippen LogP contribution in [0.3, 0.4) is 0 Å². The molecule has 7 nitrogen and oxygen atoms in total. The van der Waals surface area contributed by atoms with Gasteiger partial charge in [-0.25, -0.2) is 0 Å². The van der Waals surface area contributed by atoms with E-state index in [9.17, 15) is 19.2 Å². The summed E-state index contributed by atoms with van der Waals surface area (Å²) in [5.74, 6) is 4.40. The van der Waals surface area contributed by atoms with Gasteiger partial charge in [0.15, 0.2) is 0 Å². The predicted molar refractivity (Wildman–Crippen MR) is 100 cm³/mol. The molecule has 2 heterocycles. The standard InChI is InChI=1S/C21H22N2O5/c24-18-11-10-17(20(27)22-18)23-13-15-9-8-14(12-16(15)21(23)28)6-4-2-1-3-5-7-19(25)26/h8-9,12,17H,1-3,5,7,10-11,13H2,(H,25,26)(H,22,24,27). The monoisotopic (exact) mass is 382 g/mol. The Kier molecular flexibility index (Phi) is 6.09. The normalized spacial score (nSPS) is 18.4. The second-order valence-corrected chi connectivity index (χ2v) is 7.03. The number of piperidine rings is 1. The van der Waals surface area contributed by atoms with Gasteiger partial charge in [-0.05, 0) is 37.0 Å². The van der Waals surface area contributed by atoms with Crippen LogP contribution in [0.4, 0.5) is 0 Å². The number of fused-ring (bicyclic) bond motifs is 1. The number of nitrogens with zero attached hydrogens (tertiary/aromatic N) is 1. The Labute approximate surface area is 163 Å². The molecule has 1 fully saturated rings. The molecule has 3 amide bonds. The first-order valence-electron chi connectivity index (χ1n) is 9.44. The van der Waals surface area contributed by atoms with Gasteiger partial charge in [-0.1, -0.05) is 24.3 Å². The molecule has 146 valence electrons. The fourth-order valence-electron chi connectivity index (χ4n) is 3.46. The van der Waals surface area contributed by atoms with Crippen LogP contribution in [0.1, 0.15) is 66.4 Å². The zero-order valence-corrected chi connectivity index (χ0v) is 15.5. The van der Waals surface area contributed by atoms with Gasteiger partial charge < -0.3 is 10.0 Å². The van der Waals surface area contributed by atoms with Gasteiger partial charge >= 0.3 is 5.97 Å². The summed E-state index contributed by atoms with van der Waals surface area (Å²) in [6.07, 6.45) is 3.76. The van der Waals surface area contributed by atoms with Crippen molar-refractivity contribution in [2.75, 3.05) is 0 Å². The van der Waals surface area contributed by atoms with Crippen molar-refractivity contribution in [2.45, 2.75) is 57.5 Å². The Morgan fingerprint density at radius 2 is 2.04 bits per heavy atom. The lowest BCUT2D eigenvalue weighted by Gasteiger charge is -2.29. The minimum Gasteiger partial charge on any atom is -0.481 e. The van der Waals surface area contributed by atoms with Crippen LogP contribution >= 0.6 is 0 Å². The molecule has 2 aliphatic rings. The average Bonchev–Trinajstić information content (AvgIpc) is 2.97. The number of hydrogen-bond donors (Lipinski definition) is 2. The van der Waals surface area contributed by atoms with Crippen molar-refractivity contribution in [3.8, 4) is 11.8 Å². The summed E-state index contributed by atoms with van der Waals surface area (Å²) in [5.41, 5.74) is 2.15. The van der Waals surface area contributed by atoms with Crippen LogP contribution in [0.2, 0.25) is 0 Å². The third-order valence-corrected chi connectivity index (χ3v) is 4.95. The number of carboxylic acid groups (broad SMARTS) is 1. The van der Waals surface area contributed by atoms with Crippen LogP contribution in [0.15, 0.2) is 18.2 Å². The molecular formula is C21H22N2O5. The number of carbonyl (C=O) groups excluding carboxylic acids is 3. The highest BCUT2D eigenvalue weighted by atomic mass is 16.4. The molecule has 3 rings (SSSR count). The van der Waals surface area contributed by atoms with E-state index in [1.165, 1.54) is 4.90 Å². The Bertz CT molecular complexity index is 881. The lowest BCUT2D eigenvalue weighted by Crippen LogP contribution is -2.52. The fraction of sp³-hybridized carbons (Fsp3) is 0.429. The van der Waals surface area contributed by atoms with Crippen LogP contribution in [-0.2, 0) is 20.9 Å². The van der Waals surface area contributed by atoms with Crippen molar-refractivity contribution in [1.29, 1.82) is 0 Å². The molecule has 1 aromatic carbocycles. The Hall–Kier alpha value is -3.14. The van der Waals surface area contributed by atoms with E-state index >= 15 is 0 Å². The van der Waals surface area contributed by atoms with Crippen molar-refractivity contribution < 1.29 is 24.3 Å². The van der Waals surface area contributed by atoms with Crippen molar-refractivity contribution in [1.82, 2.24) is 10.2 Å². The lowest BCUT2D eigenvalue weighted by atomic mass is 10.0. The third-order valence-electron chi connectivity index (χ3n) is 4.95. The van der Waals surface area contributed by atoms with E-state index in [4.69, 9.17) is 5.11 Å². The summed E-state index contributed by atoms with van der Waals surface area (Å²) in [4.78, 5) is 48.1. The second-order valence-electron chi connectivity index (χ2n) is 7.03. The summed E-state index contributed by atoms with van der Waals surface area (Å²) in [5, 5.41) is 10.9. The average molecular weight is 382 g/mol. The van der Waals surface area contributed by atoms with E-state index in [-0.39, 0.29) is 24.7 Å². The minimum absolute atomic E-state index is 0.185. The molecule has 1 aromatic rings. The Morgan fingerprint density at radius 3 is 2.79 bits per heavy atom. The van der Waals surface area contributed by atoms with E-state index in [0.29, 0.717) is 31.4 Å². The molecule has 0 aliphatic carbocycles. The summed E-state index contributed by atoms with van der Waals surface area (Å²) in [7, 11) is 0. The molecule has 0 aromatic heterocycles. The highest BCUT2D eigenvalue weighted by molar-refractivity contribution is 6.05. The maximum atomic E-state index is 12.7. The molecule has 0 spiro atoms. The second kappa shape index (κ2) is 8.70. The van der Waals surface area contributed by atoms with Crippen LogP contribution < -0.4 is 5.32 Å². The number of rotatable bonds is 6. The summed E-state index contributed by atoms with van der Waals surface area (Å²) in [6.45, 7) is 0.359. The molecule has 1 saturated heterocycles. The number of nitrogens with one attached hydrogen (secondary N) is 1. The highest BCUT2D eigenvalue weighted by Crippen LogP contribution is 2.28. The summed E-state index contributed by atoms with van der Waals surface area (Å²) >= 11 is 0. The van der Waals surface area contributed by atoms with Gasteiger partial charge in [-0.2, -0.15) is 0 Å². The van der Waals surface area contributed by atoms with Crippen molar-refractivity contribution in [3.63, 3.8) is 0 Å². The van der Waals surface area contributed by atoms with Crippen LogP contribution in [0.5, 0.6) is 0 Å². The smallest absolute Gasteiger partial charge is 0.303 e. The SMILES string of the molecule is O=C(O)CCCCCC#Cc1ccc2c(c1)C(=O)N(C1CCC(=O)NC1=O)C2. The van der Waals surface area contributed by atoms with Gasteiger partial charge in [-0.3, -0.25) is 24.5 Å². The molecule has 0 radical (unpaired) electrons. The molecule has 0 bridgehead atoms. The van der Waals surface area contributed by atoms with E-state index in [1.807, 2.05) is 12.1 Å². The van der Waals surface area contributed by atoms with Crippen LogP contribution in [0.25, 0.3) is 0 Å². The minimum atomic E-state index is -0.778. The van der Waals surface area contributed by atoms with E-state index in [0.717, 1.165) is 24.0 Å². The number of carbonyl (C=O) groups is 4. The number of amides is 3. The first-order chi connectivity index (χ1) is 13.5. The predicted octanol–water partition coefficient (Wildman–Crippen LogP) is 1.83. The number of hydrogen-bond acceptors (Lipinski definition) is 4. The largest absolute Gasteiger partial charge is 0.481 e. The fourth-order valence-corrected chi connectivity index (χ4v) is 3.46. The van der Waals surface area contributed by atoms with Crippen molar-refractivity contribution in [2.24, 2.45) is 0 Å². The zero-order chi connectivity index (χ0) is 20.1. The molecule has 7 heteroatoms. The first-order valence-corrected chi connectivity index (χ1v) is 9.44. The van der Waals surface area contributed by atoms with Gasteiger partial charge in [0, 0.05) is 36.9 Å². The molecule has 2 N–H and O–H groups in total. The van der Waals surface area contributed by atoms with Gasteiger partial charge in [0.2, 0.25) is 11.8 Å². The van der Waals surface area contributed by atoms with Crippen LogP contribution in [0, 0.1) is 11.8 Å². The van der Waals surface area contributed by atoms with E-state index in [2.05, 4.69) is 17.2 Å². The highest BCUT2D eigenvalue weighted by Gasteiger charge is 2.38. The van der Waals surface area contributed by atoms with Crippen molar-refractivity contribution in [3.05, 3.63) is 34.9 Å². The van der Waals surface area contributed by atoms with Gasteiger partial charge in [0.05, 0.1) is 0 Å². The third kappa shape index (κ3) is 4.58. The van der Waals surface area contributed by atoms with Gasteiger partial charge in [0.1, 0.15) is 6.04 Å². The van der Waals surface area contributed by atoms with Gasteiger partial charge in [-0.15, -0.1) is 0 Å². The van der Waals surface area contributed by atoms with Crippen molar-refractivity contribution >= 4 is 23.7 Å². The number of benzene rings is 1. The zero-order valence-electron chi connectivity index (χ0n) is 15.5. The number of unbranched alkanes of at least 4 members (excludes halogenated alkanes) is 3. The Balaban J connectivity index is 1.58. The molecule has 28 heavy (non-hydrogen) atoms. The Morgan fingerprint density at radius 1 is 1.21 bits per heavy atom. The van der Waals surface area contributed by atoms with E-state index < -0.39 is 17.9 Å². The van der Waals surface area contributed by atoms with Gasteiger partial charge in [0.25, 0.3) is 5.91 Å². The van der Waals surface area contributed by atoms with E-state index in [1.54, 1.807) is 6.07 Å². The first kappa shape index (κ1) is 19.6. The number of imide groups is 1. The maximum Gasteiger partial charge on any atom is 0.303 e. The number of carboxylic acids is 1. The molecule has 1 atom stereocenters.